The summed E-state index contributed by atoms with van der Waals surface area (Å²) >= 11 is 1.39. The molecule has 1 N–H and O–H groups in total. The number of amides is 1. The summed E-state index contributed by atoms with van der Waals surface area (Å²) in [5, 5.41) is 12.5. The normalized spacial score (nSPS) is 18.3. The number of anilines is 1. The van der Waals surface area contributed by atoms with E-state index in [1.54, 1.807) is 6.07 Å². The number of nitrogens with one attached hydrogen (secondary N) is 1. The summed E-state index contributed by atoms with van der Waals surface area (Å²) in [5.74, 6) is 0.834. The molecule has 0 aliphatic carbocycles. The first-order valence-corrected chi connectivity index (χ1v) is 12.5. The monoisotopic (exact) mass is 457 g/mol. The molecule has 2 fully saturated rings. The Balaban J connectivity index is 1.19. The van der Waals surface area contributed by atoms with Gasteiger partial charge in [0.2, 0.25) is 5.91 Å². The number of carbonyl (C=O) groups excluding carboxylic acids is 1. The molecule has 4 rings (SSSR count). The first-order chi connectivity index (χ1) is 15.7. The molecule has 2 aromatic rings. The van der Waals surface area contributed by atoms with Crippen LogP contribution in [0.5, 0.6) is 0 Å². The van der Waals surface area contributed by atoms with Gasteiger partial charge in [-0.05, 0) is 69.1 Å². The molecule has 1 amide bonds. The van der Waals surface area contributed by atoms with Gasteiger partial charge in [-0.15, -0.1) is 10.2 Å². The van der Waals surface area contributed by atoms with E-state index in [0.717, 1.165) is 67.8 Å². The molecular weight excluding hydrogens is 425 g/mol. The minimum Gasteiger partial charge on any atom is -0.355 e. The van der Waals surface area contributed by atoms with Crippen LogP contribution in [0.3, 0.4) is 0 Å². The summed E-state index contributed by atoms with van der Waals surface area (Å²) in [6, 6.07) is 10.3. The smallest absolute Gasteiger partial charge is 0.223 e. The Hall–Kier alpha value is -2.19. The Labute approximate surface area is 194 Å². The van der Waals surface area contributed by atoms with Gasteiger partial charge in [-0.25, -0.2) is 4.39 Å². The third-order valence-electron chi connectivity index (χ3n) is 6.26. The summed E-state index contributed by atoms with van der Waals surface area (Å²) in [4.78, 5) is 18.1. The highest BCUT2D eigenvalue weighted by molar-refractivity contribution is 7.99. The molecule has 0 unspecified atom stereocenters. The predicted molar refractivity (Wildman–Crippen MR) is 125 cm³/mol. The van der Waals surface area contributed by atoms with Crippen molar-refractivity contribution in [3.05, 3.63) is 42.2 Å². The van der Waals surface area contributed by atoms with Gasteiger partial charge in [0.1, 0.15) is 10.8 Å². The van der Waals surface area contributed by atoms with Crippen LogP contribution >= 0.6 is 11.8 Å². The number of halogens is 1. The van der Waals surface area contributed by atoms with Crippen LogP contribution in [-0.4, -0.2) is 60.3 Å². The number of rotatable bonds is 7. The van der Waals surface area contributed by atoms with E-state index in [2.05, 4.69) is 25.3 Å². The lowest BCUT2D eigenvalue weighted by molar-refractivity contribution is -0.125. The maximum atomic E-state index is 13.3. The van der Waals surface area contributed by atoms with Gasteiger partial charge in [0.05, 0.1) is 0 Å². The third-order valence-corrected chi connectivity index (χ3v) is 7.18. The van der Waals surface area contributed by atoms with E-state index in [-0.39, 0.29) is 17.6 Å². The minimum atomic E-state index is -0.256. The van der Waals surface area contributed by atoms with Gasteiger partial charge in [0.15, 0.2) is 5.82 Å². The number of nitrogens with zero attached hydrogens (tertiary/aromatic N) is 4. The Morgan fingerprint density at radius 3 is 2.50 bits per heavy atom. The molecule has 2 aliphatic rings. The first-order valence-electron chi connectivity index (χ1n) is 11.7. The fourth-order valence-electron chi connectivity index (χ4n) is 4.40. The highest BCUT2D eigenvalue weighted by Gasteiger charge is 2.25. The fraction of sp³-hybridized carbons (Fsp3) is 0.542. The van der Waals surface area contributed by atoms with Gasteiger partial charge >= 0.3 is 0 Å². The van der Waals surface area contributed by atoms with Gasteiger partial charge in [0.25, 0.3) is 0 Å². The van der Waals surface area contributed by atoms with Crippen molar-refractivity contribution in [3.63, 3.8) is 0 Å². The summed E-state index contributed by atoms with van der Waals surface area (Å²) in [5.41, 5.74) is 0. The SMILES string of the molecule is O=C(NCCN1CCCCCC1)C1CCN(c2ccc(Sc3cccc(F)c3)nn2)CC1. The van der Waals surface area contributed by atoms with Crippen LogP contribution in [-0.2, 0) is 4.79 Å². The second-order valence-electron chi connectivity index (χ2n) is 8.60. The average molecular weight is 458 g/mol. The molecule has 0 spiro atoms. The number of aromatic nitrogens is 2. The predicted octanol–water partition coefficient (Wildman–Crippen LogP) is 3.98. The molecular formula is C24H32FN5OS. The van der Waals surface area contributed by atoms with E-state index in [1.165, 1.54) is 49.6 Å². The van der Waals surface area contributed by atoms with E-state index >= 15 is 0 Å². The van der Waals surface area contributed by atoms with Crippen molar-refractivity contribution in [1.29, 1.82) is 0 Å². The van der Waals surface area contributed by atoms with Gasteiger partial charge in [-0.2, -0.15) is 0 Å². The second kappa shape index (κ2) is 11.6. The zero-order valence-corrected chi connectivity index (χ0v) is 19.3. The van der Waals surface area contributed by atoms with Crippen LogP contribution < -0.4 is 10.2 Å². The molecule has 1 aromatic carbocycles. The van der Waals surface area contributed by atoms with Crippen molar-refractivity contribution in [2.75, 3.05) is 44.2 Å². The molecule has 172 valence electrons. The lowest BCUT2D eigenvalue weighted by atomic mass is 9.96. The summed E-state index contributed by atoms with van der Waals surface area (Å²) in [7, 11) is 0. The van der Waals surface area contributed by atoms with Crippen molar-refractivity contribution >= 4 is 23.5 Å². The van der Waals surface area contributed by atoms with Gasteiger partial charge < -0.3 is 15.1 Å². The maximum Gasteiger partial charge on any atom is 0.223 e. The number of hydrogen-bond donors (Lipinski definition) is 1. The molecule has 0 radical (unpaired) electrons. The van der Waals surface area contributed by atoms with Crippen LogP contribution in [0.4, 0.5) is 10.2 Å². The quantitative estimate of drug-likeness (QED) is 0.679. The zero-order chi connectivity index (χ0) is 22.2. The molecule has 0 atom stereocenters. The molecule has 1 aromatic heterocycles. The first kappa shape index (κ1) is 23.0. The Kier molecular flexibility index (Phi) is 8.34. The fourth-order valence-corrected chi connectivity index (χ4v) is 5.18. The molecule has 6 nitrogen and oxygen atoms in total. The van der Waals surface area contributed by atoms with Crippen LogP contribution in [0.2, 0.25) is 0 Å². The number of likely N-dealkylation sites (tertiary alicyclic amines) is 1. The highest BCUT2D eigenvalue weighted by atomic mass is 32.2. The summed E-state index contributed by atoms with van der Waals surface area (Å²) < 4.78 is 13.3. The largest absolute Gasteiger partial charge is 0.355 e. The number of hydrogen-bond acceptors (Lipinski definition) is 6. The topological polar surface area (TPSA) is 61.4 Å². The highest BCUT2D eigenvalue weighted by Crippen LogP contribution is 2.28. The van der Waals surface area contributed by atoms with Crippen molar-refractivity contribution in [3.8, 4) is 0 Å². The standard InChI is InChI=1S/C24H32FN5OS/c25-20-6-5-7-21(18-20)32-23-9-8-22(27-28-23)30-15-10-19(11-16-30)24(31)26-12-17-29-13-3-1-2-4-14-29/h5-9,18-19H,1-4,10-17H2,(H,26,31). The number of piperidine rings is 1. The second-order valence-corrected chi connectivity index (χ2v) is 9.69. The van der Waals surface area contributed by atoms with E-state index in [4.69, 9.17) is 0 Å². The van der Waals surface area contributed by atoms with E-state index in [1.807, 2.05) is 18.2 Å². The number of benzene rings is 1. The van der Waals surface area contributed by atoms with Crippen molar-refractivity contribution in [2.45, 2.75) is 48.4 Å². The Bertz CT molecular complexity index is 865. The Morgan fingerprint density at radius 2 is 1.81 bits per heavy atom. The van der Waals surface area contributed by atoms with Crippen LogP contribution in [0.15, 0.2) is 46.3 Å². The van der Waals surface area contributed by atoms with E-state index in [0.29, 0.717) is 0 Å². The lowest BCUT2D eigenvalue weighted by Crippen LogP contribution is -2.43. The third kappa shape index (κ3) is 6.65. The Morgan fingerprint density at radius 1 is 1.03 bits per heavy atom. The molecule has 2 aliphatic heterocycles. The van der Waals surface area contributed by atoms with Crippen LogP contribution in [0.25, 0.3) is 0 Å². The van der Waals surface area contributed by atoms with E-state index in [9.17, 15) is 9.18 Å². The number of carbonyl (C=O) groups is 1. The molecule has 0 bridgehead atoms. The molecule has 3 heterocycles. The van der Waals surface area contributed by atoms with Gasteiger partial charge in [-0.3, -0.25) is 4.79 Å². The van der Waals surface area contributed by atoms with Crippen LogP contribution in [0, 0.1) is 11.7 Å². The molecule has 32 heavy (non-hydrogen) atoms. The van der Waals surface area contributed by atoms with Crippen LogP contribution in [0.1, 0.15) is 38.5 Å². The van der Waals surface area contributed by atoms with E-state index < -0.39 is 0 Å². The molecule has 8 heteroatoms. The zero-order valence-electron chi connectivity index (χ0n) is 18.5. The summed E-state index contributed by atoms with van der Waals surface area (Å²) in [6.07, 6.45) is 6.88. The van der Waals surface area contributed by atoms with Crippen molar-refractivity contribution in [1.82, 2.24) is 20.4 Å². The lowest BCUT2D eigenvalue weighted by Gasteiger charge is -2.32. The summed E-state index contributed by atoms with van der Waals surface area (Å²) in [6.45, 7) is 5.63. The molecule has 2 saturated heterocycles. The average Bonchev–Trinajstić information content (AvgIpc) is 3.09. The molecule has 0 saturated carbocycles. The van der Waals surface area contributed by atoms with Crippen molar-refractivity contribution < 1.29 is 9.18 Å². The maximum absolute atomic E-state index is 13.3. The van der Waals surface area contributed by atoms with Crippen molar-refractivity contribution in [2.24, 2.45) is 5.92 Å². The van der Waals surface area contributed by atoms with Gasteiger partial charge in [-0.1, -0.05) is 30.7 Å². The minimum absolute atomic E-state index is 0.0751. The van der Waals surface area contributed by atoms with Gasteiger partial charge in [0, 0.05) is 37.0 Å².